The van der Waals surface area contributed by atoms with Gasteiger partial charge in [-0.3, -0.25) is 4.79 Å². The summed E-state index contributed by atoms with van der Waals surface area (Å²) in [5, 5.41) is 12.0. The summed E-state index contributed by atoms with van der Waals surface area (Å²) < 4.78 is 4.43. The van der Waals surface area contributed by atoms with Crippen molar-refractivity contribution in [2.75, 3.05) is 5.32 Å². The molecule has 30 heavy (non-hydrogen) atoms. The minimum absolute atomic E-state index is 0.0738. The van der Waals surface area contributed by atoms with E-state index in [1.165, 1.54) is 12.8 Å². The SMILES string of the molecule is Cc1ccc(-c2nnc3n2CCCCC3)cc1NC(=O)c1cc(C)n(C(C)C)c1C. The molecule has 6 heteroatoms. The molecule has 0 bridgehead atoms. The summed E-state index contributed by atoms with van der Waals surface area (Å²) in [7, 11) is 0. The number of carbonyl (C=O) groups excluding carboxylic acids is 1. The molecule has 3 heterocycles. The van der Waals surface area contributed by atoms with E-state index in [1.54, 1.807) is 0 Å². The van der Waals surface area contributed by atoms with Crippen molar-refractivity contribution in [3.05, 3.63) is 52.6 Å². The van der Waals surface area contributed by atoms with Crippen LogP contribution >= 0.6 is 0 Å². The lowest BCUT2D eigenvalue weighted by Gasteiger charge is -2.14. The average Bonchev–Trinajstić information content (AvgIpc) is 3.14. The predicted molar refractivity (Wildman–Crippen MR) is 120 cm³/mol. The highest BCUT2D eigenvalue weighted by Gasteiger charge is 2.20. The van der Waals surface area contributed by atoms with Crippen molar-refractivity contribution in [1.29, 1.82) is 0 Å². The van der Waals surface area contributed by atoms with Gasteiger partial charge in [-0.05, 0) is 65.2 Å². The van der Waals surface area contributed by atoms with Crippen molar-refractivity contribution in [1.82, 2.24) is 19.3 Å². The number of carbonyl (C=O) groups is 1. The molecule has 2 aromatic heterocycles. The smallest absolute Gasteiger partial charge is 0.257 e. The number of amides is 1. The fourth-order valence-electron chi connectivity index (χ4n) is 4.59. The Labute approximate surface area is 178 Å². The van der Waals surface area contributed by atoms with Gasteiger partial charge in [-0.2, -0.15) is 0 Å². The summed E-state index contributed by atoms with van der Waals surface area (Å²) >= 11 is 0. The van der Waals surface area contributed by atoms with Crippen LogP contribution in [0.1, 0.15) is 72.3 Å². The molecule has 0 saturated carbocycles. The highest BCUT2D eigenvalue weighted by atomic mass is 16.1. The van der Waals surface area contributed by atoms with Gasteiger partial charge in [0.05, 0.1) is 5.56 Å². The third-order valence-corrected chi connectivity index (χ3v) is 6.10. The zero-order chi connectivity index (χ0) is 21.4. The Morgan fingerprint density at radius 2 is 1.87 bits per heavy atom. The topological polar surface area (TPSA) is 64.7 Å². The van der Waals surface area contributed by atoms with Crippen molar-refractivity contribution in [2.24, 2.45) is 0 Å². The molecule has 6 nitrogen and oxygen atoms in total. The van der Waals surface area contributed by atoms with Crippen molar-refractivity contribution in [3.63, 3.8) is 0 Å². The van der Waals surface area contributed by atoms with Gasteiger partial charge in [0.2, 0.25) is 0 Å². The third-order valence-electron chi connectivity index (χ3n) is 6.10. The van der Waals surface area contributed by atoms with E-state index in [0.717, 1.165) is 64.8 Å². The van der Waals surface area contributed by atoms with Gasteiger partial charge in [0, 0.05) is 41.6 Å². The van der Waals surface area contributed by atoms with Gasteiger partial charge >= 0.3 is 0 Å². The van der Waals surface area contributed by atoms with Crippen LogP contribution in [0.4, 0.5) is 5.69 Å². The molecule has 0 radical (unpaired) electrons. The molecular weight excluding hydrogens is 374 g/mol. The monoisotopic (exact) mass is 405 g/mol. The molecule has 0 spiro atoms. The standard InChI is InChI=1S/C24H31N5O/c1-15(2)29-17(4)13-20(18(29)5)24(30)25-21-14-19(11-10-16(21)3)23-27-26-22-9-7-6-8-12-28(22)23/h10-11,13-15H,6-9,12H2,1-5H3,(H,25,30). The van der Waals surface area contributed by atoms with Crippen LogP contribution in [0.25, 0.3) is 11.4 Å². The second kappa shape index (κ2) is 8.09. The molecule has 0 saturated heterocycles. The van der Waals surface area contributed by atoms with Crippen molar-refractivity contribution in [2.45, 2.75) is 72.9 Å². The van der Waals surface area contributed by atoms with Crippen molar-refractivity contribution >= 4 is 11.6 Å². The largest absolute Gasteiger partial charge is 0.346 e. The van der Waals surface area contributed by atoms with E-state index in [2.05, 4.69) is 44.6 Å². The summed E-state index contributed by atoms with van der Waals surface area (Å²) in [6.45, 7) is 11.3. The Morgan fingerprint density at radius 1 is 1.07 bits per heavy atom. The van der Waals surface area contributed by atoms with E-state index < -0.39 is 0 Å². The minimum Gasteiger partial charge on any atom is -0.346 e. The first-order chi connectivity index (χ1) is 14.4. The summed E-state index contributed by atoms with van der Waals surface area (Å²) in [4.78, 5) is 13.1. The first-order valence-corrected chi connectivity index (χ1v) is 10.9. The lowest BCUT2D eigenvalue weighted by Crippen LogP contribution is -2.14. The maximum absolute atomic E-state index is 13.1. The summed E-state index contributed by atoms with van der Waals surface area (Å²) in [5.41, 5.74) is 5.66. The number of aromatic nitrogens is 4. The molecule has 1 aliphatic rings. The summed E-state index contributed by atoms with van der Waals surface area (Å²) in [6.07, 6.45) is 4.53. The van der Waals surface area contributed by atoms with Gasteiger partial charge in [-0.15, -0.1) is 10.2 Å². The van der Waals surface area contributed by atoms with Gasteiger partial charge in [-0.25, -0.2) is 0 Å². The Kier molecular flexibility index (Phi) is 5.50. The number of aryl methyl sites for hydroxylation is 3. The zero-order valence-electron chi connectivity index (χ0n) is 18.6. The number of hydrogen-bond donors (Lipinski definition) is 1. The Bertz CT molecular complexity index is 1090. The van der Waals surface area contributed by atoms with Crippen LogP contribution in [0.2, 0.25) is 0 Å². The quantitative estimate of drug-likeness (QED) is 0.646. The first-order valence-electron chi connectivity index (χ1n) is 10.9. The minimum atomic E-state index is -0.0738. The van der Waals surface area contributed by atoms with E-state index in [-0.39, 0.29) is 5.91 Å². The van der Waals surface area contributed by atoms with Crippen LogP contribution < -0.4 is 5.32 Å². The highest BCUT2D eigenvalue weighted by Crippen LogP contribution is 2.28. The fourth-order valence-corrected chi connectivity index (χ4v) is 4.59. The molecule has 0 aliphatic carbocycles. The zero-order valence-corrected chi connectivity index (χ0v) is 18.6. The molecule has 0 fully saturated rings. The molecule has 1 aliphatic heterocycles. The van der Waals surface area contributed by atoms with Gasteiger partial charge in [0.15, 0.2) is 5.82 Å². The van der Waals surface area contributed by atoms with E-state index >= 15 is 0 Å². The molecule has 1 amide bonds. The average molecular weight is 406 g/mol. The number of rotatable bonds is 4. The number of hydrogen-bond acceptors (Lipinski definition) is 3. The van der Waals surface area contributed by atoms with Gasteiger partial charge < -0.3 is 14.5 Å². The van der Waals surface area contributed by atoms with Gasteiger partial charge in [0.1, 0.15) is 5.82 Å². The second-order valence-corrected chi connectivity index (χ2v) is 8.63. The number of nitrogens with one attached hydrogen (secondary N) is 1. The molecule has 4 rings (SSSR count). The fraction of sp³-hybridized carbons (Fsp3) is 0.458. The lowest BCUT2D eigenvalue weighted by atomic mass is 10.1. The molecule has 1 N–H and O–H groups in total. The lowest BCUT2D eigenvalue weighted by molar-refractivity contribution is 0.102. The van der Waals surface area contributed by atoms with Crippen LogP contribution in [0.3, 0.4) is 0 Å². The van der Waals surface area contributed by atoms with Crippen LogP contribution in [0.5, 0.6) is 0 Å². The molecular formula is C24H31N5O. The first kappa shape index (κ1) is 20.4. The number of fused-ring (bicyclic) bond motifs is 1. The number of benzene rings is 1. The Hall–Kier alpha value is -2.89. The predicted octanol–water partition coefficient (Wildman–Crippen LogP) is 5.23. The maximum atomic E-state index is 13.1. The summed E-state index contributed by atoms with van der Waals surface area (Å²) in [5.74, 6) is 1.88. The van der Waals surface area contributed by atoms with E-state index in [4.69, 9.17) is 0 Å². The van der Waals surface area contributed by atoms with Crippen LogP contribution in [0, 0.1) is 20.8 Å². The van der Waals surface area contributed by atoms with Crippen molar-refractivity contribution in [3.8, 4) is 11.4 Å². The normalized spacial score (nSPS) is 13.9. The third kappa shape index (κ3) is 3.66. The molecule has 0 atom stereocenters. The molecule has 0 unspecified atom stereocenters. The highest BCUT2D eigenvalue weighted by molar-refractivity contribution is 6.06. The van der Waals surface area contributed by atoms with Gasteiger partial charge in [0.25, 0.3) is 5.91 Å². The summed E-state index contributed by atoms with van der Waals surface area (Å²) in [6, 6.07) is 8.43. The van der Waals surface area contributed by atoms with E-state index in [0.29, 0.717) is 6.04 Å². The molecule has 1 aromatic carbocycles. The van der Waals surface area contributed by atoms with Gasteiger partial charge in [-0.1, -0.05) is 18.6 Å². The molecule has 3 aromatic rings. The van der Waals surface area contributed by atoms with Crippen LogP contribution in [-0.2, 0) is 13.0 Å². The van der Waals surface area contributed by atoms with E-state index in [1.807, 2.05) is 39.0 Å². The van der Waals surface area contributed by atoms with Crippen LogP contribution in [-0.4, -0.2) is 25.2 Å². The second-order valence-electron chi connectivity index (χ2n) is 8.63. The van der Waals surface area contributed by atoms with E-state index in [9.17, 15) is 4.79 Å². The molecule has 158 valence electrons. The Morgan fingerprint density at radius 3 is 2.60 bits per heavy atom. The van der Waals surface area contributed by atoms with Crippen LogP contribution in [0.15, 0.2) is 24.3 Å². The number of nitrogens with zero attached hydrogens (tertiary/aromatic N) is 4. The van der Waals surface area contributed by atoms with Crippen molar-refractivity contribution < 1.29 is 4.79 Å². The number of anilines is 1. The maximum Gasteiger partial charge on any atom is 0.257 e. The Balaban J connectivity index is 1.65.